The maximum Gasteiger partial charge on any atom is 0.144 e. The Hall–Kier alpha value is -0.860. The van der Waals surface area contributed by atoms with Gasteiger partial charge in [0, 0.05) is 16.5 Å². The van der Waals surface area contributed by atoms with Crippen LogP contribution in [0.3, 0.4) is 0 Å². The van der Waals surface area contributed by atoms with Gasteiger partial charge < -0.3 is 0 Å². The highest BCUT2D eigenvalue weighted by molar-refractivity contribution is 6.35. The number of hydrogen-bond donors (Lipinski definition) is 0. The average Bonchev–Trinajstić information content (AvgIpc) is 2.08. The number of benzene rings is 1. The molecule has 0 aliphatic rings. The second-order valence-electron chi connectivity index (χ2n) is 3.33. The summed E-state index contributed by atoms with van der Waals surface area (Å²) in [4.78, 5) is 22.1. The van der Waals surface area contributed by atoms with Gasteiger partial charge in [-0.15, -0.1) is 0 Å². The van der Waals surface area contributed by atoms with Crippen molar-refractivity contribution in [2.75, 3.05) is 0 Å². The lowest BCUT2D eigenvalue weighted by Crippen LogP contribution is -2.07. The van der Waals surface area contributed by atoms with Crippen LogP contribution in [0.25, 0.3) is 0 Å². The number of hydrogen-bond acceptors (Lipinski definition) is 2. The second kappa shape index (κ2) is 5.29. The van der Waals surface area contributed by atoms with E-state index in [0.29, 0.717) is 15.6 Å². The molecule has 0 aliphatic heterocycles. The third kappa shape index (κ3) is 4.02. The van der Waals surface area contributed by atoms with Crippen molar-refractivity contribution in [2.24, 2.45) is 0 Å². The van der Waals surface area contributed by atoms with Gasteiger partial charge in [-0.05, 0) is 24.6 Å². The number of Topliss-reactive ketones (excluding diaryl/α,β-unsaturated/α-hetero) is 2. The summed E-state index contributed by atoms with van der Waals surface area (Å²) >= 11 is 11.6. The summed E-state index contributed by atoms with van der Waals surface area (Å²) in [6.45, 7) is 1.39. The van der Waals surface area contributed by atoms with Gasteiger partial charge >= 0.3 is 0 Å². The Morgan fingerprint density at radius 1 is 1.27 bits per heavy atom. The van der Waals surface area contributed by atoms with Crippen molar-refractivity contribution >= 4 is 34.8 Å². The maximum absolute atomic E-state index is 11.3. The van der Waals surface area contributed by atoms with Crippen molar-refractivity contribution in [1.29, 1.82) is 0 Å². The number of halogens is 2. The number of carbonyl (C=O) groups excluding carboxylic acids is 2. The summed E-state index contributed by atoms with van der Waals surface area (Å²) in [7, 11) is 0. The SMILES string of the molecule is CC(=O)CC(=O)Cc1ccc(Cl)cc1Cl. The smallest absolute Gasteiger partial charge is 0.144 e. The largest absolute Gasteiger partial charge is 0.300 e. The highest BCUT2D eigenvalue weighted by Crippen LogP contribution is 2.21. The molecule has 0 amide bonds. The van der Waals surface area contributed by atoms with Crippen LogP contribution in [-0.4, -0.2) is 11.6 Å². The van der Waals surface area contributed by atoms with E-state index in [4.69, 9.17) is 23.2 Å². The van der Waals surface area contributed by atoms with E-state index in [0.717, 1.165) is 0 Å². The molecule has 4 heteroatoms. The van der Waals surface area contributed by atoms with Gasteiger partial charge in [0.25, 0.3) is 0 Å². The molecule has 0 saturated heterocycles. The fourth-order valence-corrected chi connectivity index (χ4v) is 1.69. The Morgan fingerprint density at radius 2 is 1.93 bits per heavy atom. The molecule has 0 bridgehead atoms. The quantitative estimate of drug-likeness (QED) is 0.764. The maximum atomic E-state index is 11.3. The molecule has 0 heterocycles. The highest BCUT2D eigenvalue weighted by Gasteiger charge is 2.09. The van der Waals surface area contributed by atoms with Gasteiger partial charge in [0.2, 0.25) is 0 Å². The standard InChI is InChI=1S/C11H10Cl2O2/c1-7(14)4-10(15)5-8-2-3-9(12)6-11(8)13/h2-3,6H,4-5H2,1H3. The van der Waals surface area contributed by atoms with Gasteiger partial charge in [-0.1, -0.05) is 29.3 Å². The van der Waals surface area contributed by atoms with E-state index in [1.165, 1.54) is 6.92 Å². The van der Waals surface area contributed by atoms with E-state index >= 15 is 0 Å². The first kappa shape index (κ1) is 12.2. The highest BCUT2D eigenvalue weighted by atomic mass is 35.5. The van der Waals surface area contributed by atoms with Crippen LogP contribution in [0, 0.1) is 0 Å². The van der Waals surface area contributed by atoms with Crippen molar-refractivity contribution in [3.8, 4) is 0 Å². The van der Waals surface area contributed by atoms with Crippen LogP contribution in [0.2, 0.25) is 10.0 Å². The minimum atomic E-state index is -0.134. The molecule has 1 aromatic rings. The molecule has 0 aliphatic carbocycles. The van der Waals surface area contributed by atoms with Crippen LogP contribution in [0.15, 0.2) is 18.2 Å². The second-order valence-corrected chi connectivity index (χ2v) is 4.17. The molecule has 0 atom stereocenters. The predicted octanol–water partition coefficient (Wildman–Crippen LogP) is 3.08. The zero-order chi connectivity index (χ0) is 11.4. The Labute approximate surface area is 98.2 Å². The molecule has 0 spiro atoms. The van der Waals surface area contributed by atoms with Crippen molar-refractivity contribution in [3.05, 3.63) is 33.8 Å². The molecule has 0 saturated carbocycles. The lowest BCUT2D eigenvalue weighted by Gasteiger charge is -2.02. The lowest BCUT2D eigenvalue weighted by molar-refractivity contribution is -0.125. The molecule has 1 rings (SSSR count). The zero-order valence-corrected chi connectivity index (χ0v) is 9.73. The first-order chi connectivity index (χ1) is 6.99. The van der Waals surface area contributed by atoms with Crippen LogP contribution in [0.5, 0.6) is 0 Å². The number of ketones is 2. The number of rotatable bonds is 4. The fourth-order valence-electron chi connectivity index (χ4n) is 1.22. The summed E-state index contributed by atoms with van der Waals surface area (Å²) < 4.78 is 0. The van der Waals surface area contributed by atoms with Crippen molar-refractivity contribution in [3.63, 3.8) is 0 Å². The summed E-state index contributed by atoms with van der Waals surface area (Å²) in [5, 5.41) is 0.988. The topological polar surface area (TPSA) is 34.1 Å². The van der Waals surface area contributed by atoms with Gasteiger partial charge in [-0.2, -0.15) is 0 Å². The summed E-state index contributed by atoms with van der Waals surface area (Å²) in [6, 6.07) is 4.95. The predicted molar refractivity (Wildman–Crippen MR) is 60.5 cm³/mol. The van der Waals surface area contributed by atoms with Crippen LogP contribution >= 0.6 is 23.2 Å². The van der Waals surface area contributed by atoms with E-state index in [1.807, 2.05) is 0 Å². The molecular weight excluding hydrogens is 235 g/mol. The van der Waals surface area contributed by atoms with Gasteiger partial charge in [-0.25, -0.2) is 0 Å². The van der Waals surface area contributed by atoms with Gasteiger partial charge in [0.15, 0.2) is 0 Å². The molecule has 15 heavy (non-hydrogen) atoms. The fraction of sp³-hybridized carbons (Fsp3) is 0.273. The molecule has 2 nitrogen and oxygen atoms in total. The summed E-state index contributed by atoms with van der Waals surface area (Å²) in [5.41, 5.74) is 0.701. The van der Waals surface area contributed by atoms with Crippen molar-refractivity contribution < 1.29 is 9.59 Å². The molecular formula is C11H10Cl2O2. The number of carbonyl (C=O) groups is 2. The molecule has 0 radical (unpaired) electrons. The molecule has 0 aromatic heterocycles. The van der Waals surface area contributed by atoms with E-state index < -0.39 is 0 Å². The summed E-state index contributed by atoms with van der Waals surface area (Å²) in [6.07, 6.45) is 0.133. The van der Waals surface area contributed by atoms with Crippen molar-refractivity contribution in [2.45, 2.75) is 19.8 Å². The summed E-state index contributed by atoms with van der Waals surface area (Å²) in [5.74, 6) is -0.267. The van der Waals surface area contributed by atoms with Crippen molar-refractivity contribution in [1.82, 2.24) is 0 Å². The van der Waals surface area contributed by atoms with Crippen LogP contribution in [0.4, 0.5) is 0 Å². The Bertz CT molecular complexity index is 400. The zero-order valence-electron chi connectivity index (χ0n) is 8.22. The average molecular weight is 245 g/mol. The minimum absolute atomic E-state index is 0.0427. The van der Waals surface area contributed by atoms with Crippen LogP contribution < -0.4 is 0 Å². The first-order valence-corrected chi connectivity index (χ1v) is 5.19. The van der Waals surface area contributed by atoms with Gasteiger partial charge in [-0.3, -0.25) is 9.59 Å². The minimum Gasteiger partial charge on any atom is -0.300 e. The Morgan fingerprint density at radius 3 is 2.47 bits per heavy atom. The molecule has 0 N–H and O–H groups in total. The van der Waals surface area contributed by atoms with Gasteiger partial charge in [0.05, 0.1) is 6.42 Å². The van der Waals surface area contributed by atoms with E-state index in [1.54, 1.807) is 18.2 Å². The van der Waals surface area contributed by atoms with Crippen LogP contribution in [-0.2, 0) is 16.0 Å². The normalized spacial score (nSPS) is 10.1. The Balaban J connectivity index is 2.72. The third-order valence-corrected chi connectivity index (χ3v) is 2.44. The molecule has 80 valence electrons. The molecule has 0 unspecified atom stereocenters. The first-order valence-electron chi connectivity index (χ1n) is 4.44. The van der Waals surface area contributed by atoms with Gasteiger partial charge in [0.1, 0.15) is 11.6 Å². The Kier molecular flexibility index (Phi) is 4.30. The molecule has 0 fully saturated rings. The van der Waals surface area contributed by atoms with E-state index in [2.05, 4.69) is 0 Å². The van der Waals surface area contributed by atoms with Crippen LogP contribution in [0.1, 0.15) is 18.9 Å². The third-order valence-electron chi connectivity index (χ3n) is 1.85. The van der Waals surface area contributed by atoms with E-state index in [9.17, 15) is 9.59 Å². The van der Waals surface area contributed by atoms with E-state index in [-0.39, 0.29) is 24.4 Å². The molecule has 1 aromatic carbocycles. The lowest BCUT2D eigenvalue weighted by atomic mass is 10.1. The monoisotopic (exact) mass is 244 g/mol.